The second-order valence-electron chi connectivity index (χ2n) is 5.03. The second-order valence-corrected chi connectivity index (χ2v) is 5.03. The molecule has 0 aliphatic heterocycles. The monoisotopic (exact) mass is 244 g/mol. The van der Waals surface area contributed by atoms with Gasteiger partial charge in [-0.2, -0.15) is 0 Å². The Kier molecular flexibility index (Phi) is 5.87. The Morgan fingerprint density at radius 3 is 2.56 bits per heavy atom. The van der Waals surface area contributed by atoms with E-state index >= 15 is 0 Å². The molecule has 18 heavy (non-hydrogen) atoms. The average molecular weight is 244 g/mol. The summed E-state index contributed by atoms with van der Waals surface area (Å²) in [7, 11) is 0. The van der Waals surface area contributed by atoms with E-state index in [2.05, 4.69) is 20.4 Å². The van der Waals surface area contributed by atoms with Crippen molar-refractivity contribution in [3.8, 4) is 0 Å². The number of rotatable bonds is 7. The first-order valence-corrected chi connectivity index (χ1v) is 6.67. The maximum Gasteiger partial charge on any atom is 0.0812 e. The number of aliphatic hydroxyl groups excluding tert-OH is 1. The summed E-state index contributed by atoms with van der Waals surface area (Å²) in [6, 6.07) is 10.0. The minimum atomic E-state index is -0.484. The van der Waals surface area contributed by atoms with Gasteiger partial charge in [-0.1, -0.05) is 75.2 Å². The van der Waals surface area contributed by atoms with Gasteiger partial charge >= 0.3 is 0 Å². The molecule has 2 atom stereocenters. The summed E-state index contributed by atoms with van der Waals surface area (Å²) in [6.45, 7) is 8.10. The smallest absolute Gasteiger partial charge is 0.0812 e. The highest BCUT2D eigenvalue weighted by atomic mass is 16.3. The highest BCUT2D eigenvalue weighted by Gasteiger charge is 2.26. The van der Waals surface area contributed by atoms with Crippen molar-refractivity contribution < 1.29 is 5.11 Å². The predicted octanol–water partition coefficient (Wildman–Crippen LogP) is 4.44. The molecular formula is C17H24O. The van der Waals surface area contributed by atoms with E-state index < -0.39 is 6.10 Å². The topological polar surface area (TPSA) is 20.2 Å². The molecule has 0 aliphatic carbocycles. The molecule has 0 aliphatic rings. The quantitative estimate of drug-likeness (QED) is 0.703. The van der Waals surface area contributed by atoms with E-state index in [0.717, 1.165) is 24.8 Å². The summed E-state index contributed by atoms with van der Waals surface area (Å²) in [4.78, 5) is 0. The minimum Gasteiger partial charge on any atom is -0.388 e. The van der Waals surface area contributed by atoms with E-state index in [0.29, 0.717) is 0 Å². The Morgan fingerprint density at radius 1 is 1.33 bits per heavy atom. The van der Waals surface area contributed by atoms with Crippen LogP contribution < -0.4 is 0 Å². The Labute approximate surface area is 111 Å². The van der Waals surface area contributed by atoms with Crippen molar-refractivity contribution in [3.63, 3.8) is 0 Å². The number of hydrogen-bond donors (Lipinski definition) is 1. The second kappa shape index (κ2) is 7.17. The van der Waals surface area contributed by atoms with Crippen molar-refractivity contribution in [2.45, 2.75) is 39.2 Å². The van der Waals surface area contributed by atoms with Crippen LogP contribution in [-0.2, 0) is 0 Å². The average Bonchev–Trinajstić information content (AvgIpc) is 2.43. The fourth-order valence-electron chi connectivity index (χ4n) is 1.91. The zero-order valence-electron chi connectivity index (χ0n) is 11.5. The van der Waals surface area contributed by atoms with Crippen molar-refractivity contribution in [1.29, 1.82) is 0 Å². The molecular weight excluding hydrogens is 220 g/mol. The summed E-state index contributed by atoms with van der Waals surface area (Å²) in [5, 5.41) is 10.3. The van der Waals surface area contributed by atoms with E-state index in [1.807, 2.05) is 48.6 Å². The van der Waals surface area contributed by atoms with Crippen molar-refractivity contribution in [3.05, 3.63) is 54.6 Å². The molecule has 1 nitrogen and oxygen atoms in total. The fourth-order valence-corrected chi connectivity index (χ4v) is 1.91. The van der Waals surface area contributed by atoms with Gasteiger partial charge in [0.15, 0.2) is 0 Å². The zero-order chi connectivity index (χ0) is 13.4. The van der Waals surface area contributed by atoms with Crippen LogP contribution in [0.2, 0.25) is 0 Å². The maximum absolute atomic E-state index is 10.3. The van der Waals surface area contributed by atoms with Gasteiger partial charge in [-0.25, -0.2) is 0 Å². The lowest BCUT2D eigenvalue weighted by Crippen LogP contribution is -2.28. The summed E-state index contributed by atoms with van der Waals surface area (Å²) in [6.07, 6.45) is 8.44. The molecule has 0 aromatic heterocycles. The molecule has 0 bridgehead atoms. The first-order chi connectivity index (χ1) is 8.62. The molecule has 0 saturated carbocycles. The van der Waals surface area contributed by atoms with Crippen molar-refractivity contribution in [2.75, 3.05) is 0 Å². The minimum absolute atomic E-state index is 0.235. The summed E-state index contributed by atoms with van der Waals surface area (Å²) in [5.41, 5.74) is 0.875. The molecule has 1 aromatic carbocycles. The maximum atomic E-state index is 10.3. The predicted molar refractivity (Wildman–Crippen MR) is 79.3 cm³/mol. The zero-order valence-corrected chi connectivity index (χ0v) is 11.5. The number of benzene rings is 1. The lowest BCUT2D eigenvalue weighted by Gasteiger charge is -2.29. The molecule has 0 spiro atoms. The highest BCUT2D eigenvalue weighted by Crippen LogP contribution is 2.30. The number of unbranched alkanes of at least 4 members (excludes halogenated alkanes) is 1. The first kappa shape index (κ1) is 14.7. The molecule has 0 fully saturated rings. The fraction of sp³-hybridized carbons (Fsp3) is 0.412. The molecule has 0 radical (unpaired) electrons. The van der Waals surface area contributed by atoms with Crippen molar-refractivity contribution >= 4 is 6.08 Å². The van der Waals surface area contributed by atoms with Crippen molar-refractivity contribution in [1.82, 2.24) is 0 Å². The lowest BCUT2D eigenvalue weighted by molar-refractivity contribution is 0.105. The van der Waals surface area contributed by atoms with E-state index in [1.165, 1.54) is 0 Å². The van der Waals surface area contributed by atoms with E-state index in [9.17, 15) is 5.11 Å². The summed E-state index contributed by atoms with van der Waals surface area (Å²) < 4.78 is 0. The van der Waals surface area contributed by atoms with Crippen LogP contribution >= 0.6 is 0 Å². The lowest BCUT2D eigenvalue weighted by atomic mass is 9.79. The molecule has 98 valence electrons. The Morgan fingerprint density at radius 2 is 2.00 bits per heavy atom. The summed E-state index contributed by atoms with van der Waals surface area (Å²) >= 11 is 0. The number of aliphatic hydroxyl groups is 1. The van der Waals surface area contributed by atoms with Crippen LogP contribution in [0.4, 0.5) is 0 Å². The third kappa shape index (κ3) is 4.15. The Bertz CT molecular complexity index is 380. The molecule has 1 N–H and O–H groups in total. The third-order valence-electron chi connectivity index (χ3n) is 3.48. The van der Waals surface area contributed by atoms with Crippen LogP contribution in [0.25, 0.3) is 6.08 Å². The summed E-state index contributed by atoms with van der Waals surface area (Å²) in [5.74, 6) is 0. The molecule has 0 saturated heterocycles. The Hall–Kier alpha value is -1.34. The molecule has 0 heterocycles. The highest BCUT2D eigenvalue weighted by molar-refractivity contribution is 5.49. The van der Waals surface area contributed by atoms with Crippen LogP contribution in [0, 0.1) is 5.41 Å². The van der Waals surface area contributed by atoms with Gasteiger partial charge in [0.1, 0.15) is 0 Å². The standard InChI is InChI=1S/C17H24O/c1-4-6-14-17(3,5-2)16(18)13-12-15-10-8-7-9-11-15/h5,7-13,16,18H,2,4,6,14H2,1,3H3/b13-12+/t16-,17+/m1/s1. The largest absolute Gasteiger partial charge is 0.388 e. The van der Waals surface area contributed by atoms with Crippen LogP contribution in [0.3, 0.4) is 0 Å². The van der Waals surface area contributed by atoms with Gasteiger partial charge in [-0.3, -0.25) is 0 Å². The van der Waals surface area contributed by atoms with Gasteiger partial charge in [-0.15, -0.1) is 6.58 Å². The van der Waals surface area contributed by atoms with Gasteiger partial charge < -0.3 is 5.11 Å². The van der Waals surface area contributed by atoms with Gasteiger partial charge in [-0.05, 0) is 12.0 Å². The van der Waals surface area contributed by atoms with Crippen LogP contribution in [-0.4, -0.2) is 11.2 Å². The molecule has 1 aromatic rings. The number of hydrogen-bond acceptors (Lipinski definition) is 1. The van der Waals surface area contributed by atoms with E-state index in [-0.39, 0.29) is 5.41 Å². The van der Waals surface area contributed by atoms with Crippen LogP contribution in [0.5, 0.6) is 0 Å². The van der Waals surface area contributed by atoms with Gasteiger partial charge in [0.05, 0.1) is 6.10 Å². The normalized spacial score (nSPS) is 16.4. The van der Waals surface area contributed by atoms with Crippen molar-refractivity contribution in [2.24, 2.45) is 5.41 Å². The van der Waals surface area contributed by atoms with E-state index in [4.69, 9.17) is 0 Å². The SMILES string of the molecule is C=C[C@@](C)(CCCC)[C@H](O)/C=C/c1ccccc1. The first-order valence-electron chi connectivity index (χ1n) is 6.67. The van der Waals surface area contributed by atoms with Crippen LogP contribution in [0.1, 0.15) is 38.7 Å². The molecule has 0 amide bonds. The van der Waals surface area contributed by atoms with Gasteiger partial charge in [0, 0.05) is 5.41 Å². The third-order valence-corrected chi connectivity index (χ3v) is 3.48. The Balaban J connectivity index is 2.70. The van der Waals surface area contributed by atoms with Crippen LogP contribution in [0.15, 0.2) is 49.1 Å². The van der Waals surface area contributed by atoms with Gasteiger partial charge in [0.25, 0.3) is 0 Å². The van der Waals surface area contributed by atoms with Gasteiger partial charge in [0.2, 0.25) is 0 Å². The molecule has 1 rings (SSSR count). The molecule has 1 heteroatoms. The van der Waals surface area contributed by atoms with E-state index in [1.54, 1.807) is 0 Å². The molecule has 0 unspecified atom stereocenters.